The minimum absolute atomic E-state index is 0.0832. The molecule has 0 saturated carbocycles. The van der Waals surface area contributed by atoms with Crippen molar-refractivity contribution in [2.24, 2.45) is 0 Å². The Labute approximate surface area is 152 Å². The van der Waals surface area contributed by atoms with Crippen molar-refractivity contribution in [3.63, 3.8) is 0 Å². The molecule has 3 rings (SSSR count). The molecule has 0 bridgehead atoms. The number of methoxy groups -OCH3 is 2. The second-order valence-corrected chi connectivity index (χ2v) is 6.30. The molecule has 0 aliphatic heterocycles. The second-order valence-electron chi connectivity index (χ2n) is 6.30. The van der Waals surface area contributed by atoms with E-state index in [-0.39, 0.29) is 18.0 Å². The molecule has 0 atom stereocenters. The number of carbonyl (C=O) groups excluding carboxylic acids is 1. The first-order chi connectivity index (χ1) is 12.5. The molecule has 7 nitrogen and oxygen atoms in total. The van der Waals surface area contributed by atoms with Gasteiger partial charge in [-0.15, -0.1) is 0 Å². The Balaban J connectivity index is 1.82. The van der Waals surface area contributed by atoms with Crippen LogP contribution in [0, 0.1) is 6.92 Å². The summed E-state index contributed by atoms with van der Waals surface area (Å²) in [7, 11) is 3.08. The van der Waals surface area contributed by atoms with Crippen LogP contribution in [0.2, 0.25) is 0 Å². The van der Waals surface area contributed by atoms with Gasteiger partial charge in [0, 0.05) is 11.6 Å². The summed E-state index contributed by atoms with van der Waals surface area (Å²) >= 11 is 0. The van der Waals surface area contributed by atoms with Crippen molar-refractivity contribution >= 4 is 11.6 Å². The standard InChI is InChI=1S/C19H23N3O4/c1-12-20-15-7-5-4-6-14(15)19(24)22(12)11-18(23)21-16-9-8-13(25-2)10-17(16)26-3/h8-10H,4-7,11H2,1-3H3,(H,21,23). The Morgan fingerprint density at radius 1 is 1.23 bits per heavy atom. The molecule has 0 unspecified atom stereocenters. The van der Waals surface area contributed by atoms with Crippen LogP contribution in [0.5, 0.6) is 11.5 Å². The highest BCUT2D eigenvalue weighted by Gasteiger charge is 2.19. The van der Waals surface area contributed by atoms with Gasteiger partial charge in [-0.05, 0) is 44.7 Å². The number of aryl methyl sites for hydroxylation is 2. The Kier molecular flexibility index (Phi) is 5.25. The van der Waals surface area contributed by atoms with Gasteiger partial charge in [0.25, 0.3) is 5.56 Å². The van der Waals surface area contributed by atoms with E-state index in [4.69, 9.17) is 9.47 Å². The average Bonchev–Trinajstić information content (AvgIpc) is 2.65. The summed E-state index contributed by atoms with van der Waals surface area (Å²) < 4.78 is 11.9. The van der Waals surface area contributed by atoms with E-state index in [0.29, 0.717) is 23.0 Å². The summed E-state index contributed by atoms with van der Waals surface area (Å²) in [5.74, 6) is 1.37. The van der Waals surface area contributed by atoms with Crippen LogP contribution < -0.4 is 20.3 Å². The number of aromatic nitrogens is 2. The predicted octanol–water partition coefficient (Wildman–Crippen LogP) is 2.09. The number of carbonyl (C=O) groups is 1. The van der Waals surface area contributed by atoms with E-state index in [0.717, 1.165) is 36.9 Å². The highest BCUT2D eigenvalue weighted by molar-refractivity contribution is 5.92. The van der Waals surface area contributed by atoms with Crippen LogP contribution >= 0.6 is 0 Å². The van der Waals surface area contributed by atoms with Gasteiger partial charge >= 0.3 is 0 Å². The fraction of sp³-hybridized carbons (Fsp3) is 0.421. The summed E-state index contributed by atoms with van der Waals surface area (Å²) in [5.41, 5.74) is 2.04. The Morgan fingerprint density at radius 2 is 2.00 bits per heavy atom. The molecule has 0 saturated heterocycles. The minimum Gasteiger partial charge on any atom is -0.497 e. The molecular weight excluding hydrogens is 334 g/mol. The fourth-order valence-corrected chi connectivity index (χ4v) is 3.23. The monoisotopic (exact) mass is 357 g/mol. The molecule has 7 heteroatoms. The topological polar surface area (TPSA) is 82.5 Å². The number of nitrogens with one attached hydrogen (secondary N) is 1. The number of nitrogens with zero attached hydrogens (tertiary/aromatic N) is 2. The summed E-state index contributed by atoms with van der Waals surface area (Å²) in [6.07, 6.45) is 3.61. The van der Waals surface area contributed by atoms with Gasteiger partial charge in [0.05, 0.1) is 25.6 Å². The van der Waals surface area contributed by atoms with E-state index in [2.05, 4.69) is 10.3 Å². The predicted molar refractivity (Wildman–Crippen MR) is 98.1 cm³/mol. The third-order valence-corrected chi connectivity index (χ3v) is 4.61. The molecule has 26 heavy (non-hydrogen) atoms. The summed E-state index contributed by atoms with van der Waals surface area (Å²) in [4.78, 5) is 29.8. The number of fused-ring (bicyclic) bond motifs is 1. The first kappa shape index (κ1) is 18.0. The van der Waals surface area contributed by atoms with Crippen molar-refractivity contribution < 1.29 is 14.3 Å². The van der Waals surface area contributed by atoms with E-state index < -0.39 is 0 Å². The quantitative estimate of drug-likeness (QED) is 0.886. The highest BCUT2D eigenvalue weighted by atomic mass is 16.5. The van der Waals surface area contributed by atoms with Gasteiger partial charge in [-0.25, -0.2) is 4.98 Å². The van der Waals surface area contributed by atoms with Crippen molar-refractivity contribution in [2.45, 2.75) is 39.2 Å². The molecule has 138 valence electrons. The zero-order chi connectivity index (χ0) is 18.7. The van der Waals surface area contributed by atoms with E-state index >= 15 is 0 Å². The molecule has 1 heterocycles. The lowest BCUT2D eigenvalue weighted by Crippen LogP contribution is -2.34. The zero-order valence-corrected chi connectivity index (χ0v) is 15.3. The van der Waals surface area contributed by atoms with Crippen LogP contribution in [0.25, 0.3) is 0 Å². The molecule has 1 N–H and O–H groups in total. The maximum Gasteiger partial charge on any atom is 0.257 e. The molecule has 1 aliphatic carbocycles. The Hall–Kier alpha value is -2.83. The van der Waals surface area contributed by atoms with Crippen LogP contribution in [0.15, 0.2) is 23.0 Å². The van der Waals surface area contributed by atoms with E-state index in [1.807, 2.05) is 0 Å². The van der Waals surface area contributed by atoms with Gasteiger partial charge < -0.3 is 14.8 Å². The molecule has 1 aromatic carbocycles. The fourth-order valence-electron chi connectivity index (χ4n) is 3.23. The number of ether oxygens (including phenoxy) is 2. The van der Waals surface area contributed by atoms with E-state index in [1.165, 1.54) is 11.7 Å². The zero-order valence-electron chi connectivity index (χ0n) is 15.3. The third kappa shape index (κ3) is 3.56. The van der Waals surface area contributed by atoms with Crippen molar-refractivity contribution in [3.8, 4) is 11.5 Å². The highest BCUT2D eigenvalue weighted by Crippen LogP contribution is 2.29. The molecule has 1 aliphatic rings. The summed E-state index contributed by atoms with van der Waals surface area (Å²) in [6.45, 7) is 1.68. The Morgan fingerprint density at radius 3 is 2.73 bits per heavy atom. The minimum atomic E-state index is -0.309. The van der Waals surface area contributed by atoms with Gasteiger partial charge in [0.2, 0.25) is 5.91 Å². The lowest BCUT2D eigenvalue weighted by molar-refractivity contribution is -0.116. The van der Waals surface area contributed by atoms with Crippen molar-refractivity contribution in [3.05, 3.63) is 45.6 Å². The summed E-state index contributed by atoms with van der Waals surface area (Å²) in [5, 5.41) is 2.79. The first-order valence-electron chi connectivity index (χ1n) is 8.64. The third-order valence-electron chi connectivity index (χ3n) is 4.61. The molecule has 1 aromatic heterocycles. The molecular formula is C19H23N3O4. The van der Waals surface area contributed by atoms with Crippen LogP contribution in [-0.4, -0.2) is 29.7 Å². The normalized spacial score (nSPS) is 13.0. The van der Waals surface area contributed by atoms with Crippen molar-refractivity contribution in [1.82, 2.24) is 9.55 Å². The maximum atomic E-state index is 12.7. The lowest BCUT2D eigenvalue weighted by atomic mass is 9.97. The van der Waals surface area contributed by atoms with Crippen LogP contribution in [-0.2, 0) is 24.2 Å². The summed E-state index contributed by atoms with van der Waals surface area (Å²) in [6, 6.07) is 5.12. The van der Waals surface area contributed by atoms with Crippen molar-refractivity contribution in [2.75, 3.05) is 19.5 Å². The largest absolute Gasteiger partial charge is 0.497 e. The number of amides is 1. The van der Waals surface area contributed by atoms with E-state index in [9.17, 15) is 9.59 Å². The molecule has 2 aromatic rings. The van der Waals surface area contributed by atoms with Gasteiger partial charge in [-0.3, -0.25) is 14.2 Å². The van der Waals surface area contributed by atoms with Gasteiger partial charge in [-0.1, -0.05) is 0 Å². The Bertz CT molecular complexity index is 889. The first-order valence-corrected chi connectivity index (χ1v) is 8.64. The van der Waals surface area contributed by atoms with Gasteiger partial charge in [0.1, 0.15) is 23.9 Å². The van der Waals surface area contributed by atoms with E-state index in [1.54, 1.807) is 32.2 Å². The maximum absolute atomic E-state index is 12.7. The van der Waals surface area contributed by atoms with Crippen LogP contribution in [0.4, 0.5) is 5.69 Å². The van der Waals surface area contributed by atoms with Crippen molar-refractivity contribution in [1.29, 1.82) is 0 Å². The average molecular weight is 357 g/mol. The number of anilines is 1. The number of benzene rings is 1. The number of rotatable bonds is 5. The lowest BCUT2D eigenvalue weighted by Gasteiger charge is -2.18. The molecule has 0 spiro atoms. The second kappa shape index (κ2) is 7.59. The van der Waals surface area contributed by atoms with Crippen LogP contribution in [0.1, 0.15) is 29.9 Å². The number of hydrogen-bond acceptors (Lipinski definition) is 5. The van der Waals surface area contributed by atoms with Gasteiger partial charge in [-0.2, -0.15) is 0 Å². The smallest absolute Gasteiger partial charge is 0.257 e. The molecule has 1 amide bonds. The SMILES string of the molecule is COc1ccc(NC(=O)Cn2c(C)nc3c(c2=O)CCCC3)c(OC)c1. The molecule has 0 radical (unpaired) electrons. The number of hydrogen-bond donors (Lipinski definition) is 1. The molecule has 0 fully saturated rings. The van der Waals surface area contributed by atoms with Gasteiger partial charge in [0.15, 0.2) is 0 Å². The van der Waals surface area contributed by atoms with Crippen LogP contribution in [0.3, 0.4) is 0 Å².